The van der Waals surface area contributed by atoms with E-state index < -0.39 is 16.1 Å². The Bertz CT molecular complexity index is 1400. The minimum Gasteiger partial charge on any atom is -0.497 e. The average Bonchev–Trinajstić information content (AvgIpc) is 2.97. The van der Waals surface area contributed by atoms with Crippen LogP contribution in [0.2, 0.25) is 0 Å². The van der Waals surface area contributed by atoms with Gasteiger partial charge >= 0.3 is 0 Å². The maximum Gasteiger partial charge on any atom is 0.243 e. The summed E-state index contributed by atoms with van der Waals surface area (Å²) >= 11 is 0. The number of carbonyl (C=O) groups is 2. The second kappa shape index (κ2) is 15.1. The normalized spacial score (nSPS) is 11.8. The number of benzene rings is 3. The highest BCUT2D eigenvalue weighted by atomic mass is 32.2. The minimum absolute atomic E-state index is 0.0375. The molecule has 3 rings (SSSR count). The first kappa shape index (κ1) is 31.5. The second-order valence-electron chi connectivity index (χ2n) is 9.58. The lowest BCUT2D eigenvalue weighted by Crippen LogP contribution is -2.50. The third-order valence-corrected chi connectivity index (χ3v) is 7.80. The standard InChI is InChI=1S/C31H39N3O6S/c1-5-32-31(36)28(22-24-13-7-6-8-14-24)33(23-25-15-11-16-26(21-25)39-2)30(35)19-12-20-34(41(4,37)38)27-17-9-10-18-29(27)40-3/h6-11,13-18,21,28H,5,12,19-20,22-23H2,1-4H3,(H,32,36). The molecular formula is C31H39N3O6S. The van der Waals surface area contributed by atoms with Crippen LogP contribution < -0.4 is 19.1 Å². The zero-order valence-corrected chi connectivity index (χ0v) is 24.9. The monoisotopic (exact) mass is 581 g/mol. The van der Waals surface area contributed by atoms with Gasteiger partial charge < -0.3 is 19.7 Å². The molecule has 0 aliphatic carbocycles. The van der Waals surface area contributed by atoms with Crippen LogP contribution in [0.3, 0.4) is 0 Å². The molecule has 10 heteroatoms. The van der Waals surface area contributed by atoms with Crippen molar-refractivity contribution in [1.29, 1.82) is 0 Å². The number of sulfonamides is 1. The number of amides is 2. The molecule has 0 aromatic heterocycles. The first-order valence-electron chi connectivity index (χ1n) is 13.5. The van der Waals surface area contributed by atoms with Crippen molar-refractivity contribution in [2.24, 2.45) is 0 Å². The van der Waals surface area contributed by atoms with Crippen LogP contribution in [-0.4, -0.2) is 64.7 Å². The van der Waals surface area contributed by atoms with E-state index in [1.165, 1.54) is 11.4 Å². The average molecular weight is 582 g/mol. The van der Waals surface area contributed by atoms with Gasteiger partial charge in [-0.3, -0.25) is 13.9 Å². The predicted molar refractivity (Wildman–Crippen MR) is 161 cm³/mol. The maximum absolute atomic E-state index is 13.9. The molecule has 0 aliphatic heterocycles. The van der Waals surface area contributed by atoms with Crippen LogP contribution >= 0.6 is 0 Å². The largest absolute Gasteiger partial charge is 0.497 e. The summed E-state index contributed by atoms with van der Waals surface area (Å²) in [7, 11) is -0.599. The number of methoxy groups -OCH3 is 2. The Morgan fingerprint density at radius 3 is 2.24 bits per heavy atom. The molecule has 1 atom stereocenters. The van der Waals surface area contributed by atoms with Gasteiger partial charge in [-0.05, 0) is 48.7 Å². The summed E-state index contributed by atoms with van der Waals surface area (Å²) < 4.78 is 37.4. The fourth-order valence-corrected chi connectivity index (χ4v) is 5.60. The number of anilines is 1. The molecule has 0 heterocycles. The lowest BCUT2D eigenvalue weighted by molar-refractivity contribution is -0.141. The molecule has 0 spiro atoms. The minimum atomic E-state index is -3.65. The summed E-state index contributed by atoms with van der Waals surface area (Å²) in [6, 6.07) is 23.0. The summed E-state index contributed by atoms with van der Waals surface area (Å²) in [6.45, 7) is 2.52. The highest BCUT2D eigenvalue weighted by Crippen LogP contribution is 2.30. The van der Waals surface area contributed by atoms with E-state index in [9.17, 15) is 18.0 Å². The Labute approximate surface area is 243 Å². The molecule has 1 N–H and O–H groups in total. The number of para-hydroxylation sites is 2. The molecule has 0 bridgehead atoms. The lowest BCUT2D eigenvalue weighted by atomic mass is 10.0. The summed E-state index contributed by atoms with van der Waals surface area (Å²) in [4.78, 5) is 28.8. The molecule has 220 valence electrons. The SMILES string of the molecule is CCNC(=O)C(Cc1ccccc1)N(Cc1cccc(OC)c1)C(=O)CCCN(c1ccccc1OC)S(C)(=O)=O. The van der Waals surface area contributed by atoms with Crippen LogP contribution in [0, 0.1) is 0 Å². The third kappa shape index (κ3) is 8.97. The Kier molecular flexibility index (Phi) is 11.6. The Balaban J connectivity index is 1.89. The summed E-state index contributed by atoms with van der Waals surface area (Å²) in [5, 5.41) is 2.88. The van der Waals surface area contributed by atoms with Crippen molar-refractivity contribution in [3.8, 4) is 11.5 Å². The van der Waals surface area contributed by atoms with Gasteiger partial charge in [-0.15, -0.1) is 0 Å². The molecule has 0 aliphatic rings. The van der Waals surface area contributed by atoms with E-state index in [2.05, 4.69) is 5.32 Å². The molecule has 1 unspecified atom stereocenters. The zero-order chi connectivity index (χ0) is 29.8. The van der Waals surface area contributed by atoms with Gasteiger partial charge in [0.05, 0.1) is 26.2 Å². The molecular weight excluding hydrogens is 542 g/mol. The van der Waals surface area contributed by atoms with Gasteiger partial charge in [0.2, 0.25) is 21.8 Å². The van der Waals surface area contributed by atoms with Crippen LogP contribution in [0.4, 0.5) is 5.69 Å². The van der Waals surface area contributed by atoms with Crippen LogP contribution in [0.25, 0.3) is 0 Å². The van der Waals surface area contributed by atoms with Crippen molar-refractivity contribution in [2.45, 2.75) is 38.8 Å². The maximum atomic E-state index is 13.9. The number of nitrogens with one attached hydrogen (secondary N) is 1. The van der Waals surface area contributed by atoms with E-state index in [1.54, 1.807) is 36.3 Å². The summed E-state index contributed by atoms with van der Waals surface area (Å²) in [6.07, 6.45) is 1.74. The topological polar surface area (TPSA) is 105 Å². The molecule has 3 aromatic rings. The number of ether oxygens (including phenoxy) is 2. The molecule has 9 nitrogen and oxygen atoms in total. The number of rotatable bonds is 15. The summed E-state index contributed by atoms with van der Waals surface area (Å²) in [5.41, 5.74) is 2.14. The first-order valence-corrected chi connectivity index (χ1v) is 15.4. The molecule has 2 amide bonds. The van der Waals surface area contributed by atoms with Gasteiger partial charge in [-0.1, -0.05) is 54.6 Å². The number of likely N-dealkylation sites (N-methyl/N-ethyl adjacent to an activating group) is 1. The van der Waals surface area contributed by atoms with Gasteiger partial charge in [0.1, 0.15) is 17.5 Å². The van der Waals surface area contributed by atoms with Crippen LogP contribution in [0.1, 0.15) is 30.9 Å². The van der Waals surface area contributed by atoms with E-state index in [0.717, 1.165) is 17.4 Å². The third-order valence-electron chi connectivity index (χ3n) is 6.62. The van der Waals surface area contributed by atoms with Crippen molar-refractivity contribution >= 4 is 27.5 Å². The number of hydrogen-bond donors (Lipinski definition) is 1. The van der Waals surface area contributed by atoms with Crippen molar-refractivity contribution < 1.29 is 27.5 Å². The number of nitrogens with zero attached hydrogens (tertiary/aromatic N) is 2. The highest BCUT2D eigenvalue weighted by Gasteiger charge is 2.30. The molecule has 0 radical (unpaired) electrons. The van der Waals surface area contributed by atoms with E-state index in [1.807, 2.05) is 61.5 Å². The van der Waals surface area contributed by atoms with Crippen molar-refractivity contribution in [3.05, 3.63) is 90.0 Å². The van der Waals surface area contributed by atoms with Crippen molar-refractivity contribution in [2.75, 3.05) is 37.9 Å². The molecule has 0 saturated heterocycles. The van der Waals surface area contributed by atoms with Gasteiger partial charge in [-0.2, -0.15) is 0 Å². The molecule has 3 aromatic carbocycles. The smallest absolute Gasteiger partial charge is 0.243 e. The predicted octanol–water partition coefficient (Wildman–Crippen LogP) is 4.03. The zero-order valence-electron chi connectivity index (χ0n) is 24.1. The van der Waals surface area contributed by atoms with Crippen molar-refractivity contribution in [3.63, 3.8) is 0 Å². The van der Waals surface area contributed by atoms with Crippen LogP contribution in [0.15, 0.2) is 78.9 Å². The number of hydrogen-bond acceptors (Lipinski definition) is 6. The highest BCUT2D eigenvalue weighted by molar-refractivity contribution is 7.92. The van der Waals surface area contributed by atoms with Crippen LogP contribution in [-0.2, 0) is 32.6 Å². The lowest BCUT2D eigenvalue weighted by Gasteiger charge is -2.32. The van der Waals surface area contributed by atoms with E-state index in [-0.39, 0.29) is 37.7 Å². The van der Waals surface area contributed by atoms with Crippen LogP contribution in [0.5, 0.6) is 11.5 Å². The van der Waals surface area contributed by atoms with Gasteiger partial charge in [0, 0.05) is 32.5 Å². The Morgan fingerprint density at radius 1 is 0.902 bits per heavy atom. The van der Waals surface area contributed by atoms with E-state index >= 15 is 0 Å². The van der Waals surface area contributed by atoms with Gasteiger partial charge in [0.25, 0.3) is 0 Å². The molecule has 0 fully saturated rings. The van der Waals surface area contributed by atoms with E-state index in [0.29, 0.717) is 30.2 Å². The molecule has 41 heavy (non-hydrogen) atoms. The quantitative estimate of drug-likeness (QED) is 0.291. The van der Waals surface area contributed by atoms with Crippen molar-refractivity contribution in [1.82, 2.24) is 10.2 Å². The fraction of sp³-hybridized carbons (Fsp3) is 0.355. The number of carbonyl (C=O) groups excluding carboxylic acids is 2. The summed E-state index contributed by atoms with van der Waals surface area (Å²) in [5.74, 6) is 0.559. The van der Waals surface area contributed by atoms with Gasteiger partial charge in [-0.25, -0.2) is 8.42 Å². The first-order chi connectivity index (χ1) is 19.7. The Hall–Kier alpha value is -4.05. The molecule has 0 saturated carbocycles. The second-order valence-corrected chi connectivity index (χ2v) is 11.5. The Morgan fingerprint density at radius 2 is 1.59 bits per heavy atom. The fourth-order valence-electron chi connectivity index (χ4n) is 4.63. The van der Waals surface area contributed by atoms with Gasteiger partial charge in [0.15, 0.2) is 0 Å². The van der Waals surface area contributed by atoms with E-state index in [4.69, 9.17) is 9.47 Å².